The molecule has 248 valence electrons. The Hall–Kier alpha value is -2.53. The summed E-state index contributed by atoms with van der Waals surface area (Å²) in [4.78, 5) is 15.6. The predicted octanol–water partition coefficient (Wildman–Crippen LogP) is 5.90. The van der Waals surface area contributed by atoms with Crippen molar-refractivity contribution >= 4 is 11.7 Å². The topological polar surface area (TPSA) is 102 Å². The van der Waals surface area contributed by atoms with Gasteiger partial charge in [0.2, 0.25) is 0 Å². The molecule has 3 N–H and O–H groups in total. The van der Waals surface area contributed by atoms with E-state index < -0.39 is 12.1 Å². The van der Waals surface area contributed by atoms with Crippen LogP contribution in [-0.2, 0) is 25.6 Å². The first-order valence-corrected chi connectivity index (χ1v) is 17.6. The van der Waals surface area contributed by atoms with Crippen LogP contribution < -0.4 is 10.6 Å². The molecule has 3 saturated heterocycles. The summed E-state index contributed by atoms with van der Waals surface area (Å²) in [5, 5.41) is 16.1. The molecular weight excluding hydrogens is 582 g/mol. The van der Waals surface area contributed by atoms with E-state index in [0.29, 0.717) is 13.2 Å². The summed E-state index contributed by atoms with van der Waals surface area (Å²) in [6, 6.07) is 15.8. The minimum Gasteiger partial charge on any atom is -0.392 e. The number of benzene rings is 2. The average molecular weight is 632 g/mol. The molecule has 2 aromatic carbocycles. The van der Waals surface area contributed by atoms with Gasteiger partial charge in [-0.05, 0) is 79.5 Å². The SMILES string of the molecule is C[C@H]1[C@@H](CN2CCC3(CC2)OCCO3)O[C@@H](c2ccc(NC(=O)NC34CC5CC(CC(C5)C3)C4)cc2)O[C@H]1c1ccc(CO)cc1. The average Bonchev–Trinajstić information content (AvgIpc) is 3.50. The van der Waals surface area contributed by atoms with Crippen molar-refractivity contribution in [2.24, 2.45) is 23.7 Å². The number of aliphatic hydroxyl groups is 1. The number of ether oxygens (including phenoxy) is 4. The second kappa shape index (κ2) is 12.5. The minimum atomic E-state index is -0.545. The lowest BCUT2D eigenvalue weighted by atomic mass is 9.53. The Kier molecular flexibility index (Phi) is 8.36. The van der Waals surface area contributed by atoms with Gasteiger partial charge in [0, 0.05) is 55.2 Å². The summed E-state index contributed by atoms with van der Waals surface area (Å²) in [7, 11) is 0. The zero-order valence-electron chi connectivity index (χ0n) is 27.0. The molecule has 2 aromatic rings. The molecular formula is C37H49N3O6. The normalized spacial score (nSPS) is 36.6. The van der Waals surface area contributed by atoms with Crippen molar-refractivity contribution in [2.75, 3.05) is 38.2 Å². The number of anilines is 1. The zero-order valence-corrected chi connectivity index (χ0v) is 27.0. The lowest BCUT2D eigenvalue weighted by Crippen LogP contribution is -2.60. The summed E-state index contributed by atoms with van der Waals surface area (Å²) >= 11 is 0. The van der Waals surface area contributed by atoms with Crippen LogP contribution in [0, 0.1) is 23.7 Å². The predicted molar refractivity (Wildman–Crippen MR) is 173 cm³/mol. The number of carbonyl (C=O) groups is 1. The molecule has 3 aliphatic heterocycles. The molecule has 1 spiro atoms. The number of amides is 2. The summed E-state index contributed by atoms with van der Waals surface area (Å²) in [6.45, 7) is 6.18. The summed E-state index contributed by atoms with van der Waals surface area (Å²) in [5.41, 5.74) is 3.62. The van der Waals surface area contributed by atoms with Crippen LogP contribution in [0.3, 0.4) is 0 Å². The Morgan fingerprint density at radius 2 is 1.48 bits per heavy atom. The van der Waals surface area contributed by atoms with Crippen LogP contribution in [0.25, 0.3) is 0 Å². The maximum absolute atomic E-state index is 13.2. The number of hydrogen-bond acceptors (Lipinski definition) is 7. The van der Waals surface area contributed by atoms with Gasteiger partial charge in [-0.1, -0.05) is 43.3 Å². The zero-order chi connectivity index (χ0) is 31.3. The molecule has 2 amide bonds. The Morgan fingerprint density at radius 3 is 2.09 bits per heavy atom. The number of rotatable bonds is 7. The van der Waals surface area contributed by atoms with E-state index in [4.69, 9.17) is 18.9 Å². The van der Waals surface area contributed by atoms with Crippen molar-refractivity contribution in [3.8, 4) is 0 Å². The molecule has 7 fully saturated rings. The fourth-order valence-corrected chi connectivity index (χ4v) is 9.84. The maximum atomic E-state index is 13.2. The Bertz CT molecular complexity index is 1330. The highest BCUT2D eigenvalue weighted by atomic mass is 16.7. The lowest BCUT2D eigenvalue weighted by molar-refractivity contribution is -0.278. The largest absolute Gasteiger partial charge is 0.392 e. The van der Waals surface area contributed by atoms with Crippen molar-refractivity contribution in [1.82, 2.24) is 10.2 Å². The Balaban J connectivity index is 0.946. The molecule has 0 aromatic heterocycles. The van der Waals surface area contributed by atoms with E-state index in [-0.39, 0.29) is 36.3 Å². The minimum absolute atomic E-state index is 0.0144. The molecule has 7 aliphatic rings. The van der Waals surface area contributed by atoms with Gasteiger partial charge in [-0.3, -0.25) is 0 Å². The number of nitrogens with zero attached hydrogens (tertiary/aromatic N) is 1. The van der Waals surface area contributed by atoms with Gasteiger partial charge in [0.15, 0.2) is 12.1 Å². The van der Waals surface area contributed by atoms with Crippen molar-refractivity contribution in [1.29, 1.82) is 0 Å². The number of urea groups is 1. The van der Waals surface area contributed by atoms with Crippen LogP contribution in [-0.4, -0.2) is 66.3 Å². The third kappa shape index (κ3) is 6.22. The van der Waals surface area contributed by atoms with Gasteiger partial charge < -0.3 is 39.6 Å². The molecule has 0 radical (unpaired) electrons. The Morgan fingerprint density at radius 1 is 0.870 bits per heavy atom. The first-order valence-electron chi connectivity index (χ1n) is 17.6. The van der Waals surface area contributed by atoms with Gasteiger partial charge in [0.05, 0.1) is 32.0 Å². The second-order valence-corrected chi connectivity index (χ2v) is 15.1. The van der Waals surface area contributed by atoms with Crippen molar-refractivity contribution in [3.63, 3.8) is 0 Å². The molecule has 4 saturated carbocycles. The van der Waals surface area contributed by atoms with E-state index in [2.05, 4.69) is 34.6 Å². The lowest BCUT2D eigenvalue weighted by Gasteiger charge is -2.56. The molecule has 46 heavy (non-hydrogen) atoms. The van der Waals surface area contributed by atoms with Gasteiger partial charge in [0.1, 0.15) is 0 Å². The molecule has 9 rings (SSSR count). The third-order valence-electron chi connectivity index (χ3n) is 11.9. The van der Waals surface area contributed by atoms with Gasteiger partial charge in [0.25, 0.3) is 0 Å². The van der Waals surface area contributed by atoms with E-state index in [1.165, 1.54) is 19.3 Å². The number of likely N-dealkylation sites (tertiary alicyclic amines) is 1. The first kappa shape index (κ1) is 30.8. The molecule has 0 unspecified atom stereocenters. The first-order chi connectivity index (χ1) is 22.4. The standard InChI is InChI=1S/C37H49N3O6/c1-24-32(22-40-12-10-37(11-13-40)43-14-15-44-37)45-34(46-33(24)29-4-2-25(23-41)3-5-29)30-6-8-31(9-7-30)38-35(42)39-36-19-26-16-27(20-36)18-28(17-26)21-36/h2-9,24,26-28,32-34,41H,10-23H2,1H3,(H2,38,39,42)/t24-,26?,27?,28?,32+,33+,34+,36?/m0/s1. The van der Waals surface area contributed by atoms with E-state index in [1.807, 2.05) is 36.4 Å². The van der Waals surface area contributed by atoms with E-state index in [9.17, 15) is 9.90 Å². The molecule has 4 bridgehead atoms. The van der Waals surface area contributed by atoms with Crippen molar-refractivity contribution in [2.45, 2.75) is 94.7 Å². The fraction of sp³-hybridized carbons (Fsp3) is 0.649. The van der Waals surface area contributed by atoms with Gasteiger partial charge in [-0.25, -0.2) is 4.79 Å². The number of hydrogen-bond donors (Lipinski definition) is 3. The van der Waals surface area contributed by atoms with Crippen LogP contribution in [0.4, 0.5) is 10.5 Å². The summed E-state index contributed by atoms with van der Waals surface area (Å²) in [6.07, 6.45) is 8.42. The quantitative estimate of drug-likeness (QED) is 0.350. The number of aliphatic hydroxyl groups excluding tert-OH is 1. The van der Waals surface area contributed by atoms with Crippen LogP contribution in [0.5, 0.6) is 0 Å². The van der Waals surface area contributed by atoms with E-state index >= 15 is 0 Å². The van der Waals surface area contributed by atoms with Crippen molar-refractivity contribution in [3.05, 3.63) is 65.2 Å². The number of piperidine rings is 1. The molecule has 9 nitrogen and oxygen atoms in total. The van der Waals surface area contributed by atoms with Crippen LogP contribution >= 0.6 is 0 Å². The van der Waals surface area contributed by atoms with Crippen LogP contribution in [0.1, 0.15) is 87.4 Å². The van der Waals surface area contributed by atoms with E-state index in [0.717, 1.165) is 91.9 Å². The number of carbonyl (C=O) groups excluding carboxylic acids is 1. The molecule has 3 heterocycles. The molecule has 4 atom stereocenters. The van der Waals surface area contributed by atoms with Gasteiger partial charge in [-0.2, -0.15) is 0 Å². The highest BCUT2D eigenvalue weighted by Gasteiger charge is 2.51. The smallest absolute Gasteiger partial charge is 0.319 e. The monoisotopic (exact) mass is 631 g/mol. The molecule has 4 aliphatic carbocycles. The fourth-order valence-electron chi connectivity index (χ4n) is 9.84. The van der Waals surface area contributed by atoms with Crippen LogP contribution in [0.15, 0.2) is 48.5 Å². The third-order valence-corrected chi connectivity index (χ3v) is 11.9. The Labute approximate surface area is 272 Å². The summed E-state index contributed by atoms with van der Waals surface area (Å²) in [5.74, 6) is 2.06. The van der Waals surface area contributed by atoms with Crippen molar-refractivity contribution < 1.29 is 28.8 Å². The van der Waals surface area contributed by atoms with Gasteiger partial charge in [-0.15, -0.1) is 0 Å². The van der Waals surface area contributed by atoms with Crippen LogP contribution in [0.2, 0.25) is 0 Å². The second-order valence-electron chi connectivity index (χ2n) is 15.1. The van der Waals surface area contributed by atoms with Gasteiger partial charge >= 0.3 is 6.03 Å². The number of nitrogens with one attached hydrogen (secondary N) is 2. The highest BCUT2D eigenvalue weighted by molar-refractivity contribution is 5.89. The molecule has 9 heteroatoms. The highest BCUT2D eigenvalue weighted by Crippen LogP contribution is 2.55. The summed E-state index contributed by atoms with van der Waals surface area (Å²) < 4.78 is 25.3. The van der Waals surface area contributed by atoms with E-state index in [1.54, 1.807) is 0 Å². The maximum Gasteiger partial charge on any atom is 0.319 e.